The highest BCUT2D eigenvalue weighted by Crippen LogP contribution is 2.19. The van der Waals surface area contributed by atoms with E-state index in [1.165, 1.54) is 0 Å². The number of fused-ring (bicyclic) bond motifs is 3. The van der Waals surface area contributed by atoms with Gasteiger partial charge in [-0.2, -0.15) is 9.61 Å². The van der Waals surface area contributed by atoms with Crippen molar-refractivity contribution in [3.8, 4) is 0 Å². The molecule has 3 rings (SSSR count). The quantitative estimate of drug-likeness (QED) is 0.583. The maximum absolute atomic E-state index is 4.31. The Balaban J connectivity index is 2.50. The molecule has 2 aromatic heterocycles. The van der Waals surface area contributed by atoms with Crippen molar-refractivity contribution >= 4 is 28.2 Å². The molecule has 1 aromatic carbocycles. The van der Waals surface area contributed by atoms with Crippen molar-refractivity contribution in [2.75, 3.05) is 6.26 Å². The fourth-order valence-corrected chi connectivity index (χ4v) is 2.03. The molecule has 0 aliphatic carbocycles. The number of thioether (sulfide) groups is 1. The van der Waals surface area contributed by atoms with Crippen LogP contribution in [0.5, 0.6) is 0 Å². The third-order valence-corrected chi connectivity index (χ3v) is 2.93. The van der Waals surface area contributed by atoms with Crippen LogP contribution in [0, 0.1) is 0 Å². The molecule has 0 atom stereocenters. The molecule has 0 saturated carbocycles. The van der Waals surface area contributed by atoms with Gasteiger partial charge >= 0.3 is 0 Å². The van der Waals surface area contributed by atoms with Crippen LogP contribution in [0.25, 0.3) is 16.4 Å². The lowest BCUT2D eigenvalue weighted by Gasteiger charge is -1.98. The first kappa shape index (κ1) is 8.67. The molecule has 0 fully saturated rings. The molecule has 0 bridgehead atoms. The Bertz CT molecular complexity index is 631. The average Bonchev–Trinajstić information content (AvgIpc) is 2.72. The van der Waals surface area contributed by atoms with Crippen LogP contribution < -0.4 is 0 Å². The maximum Gasteiger partial charge on any atom is 0.212 e. The predicted molar refractivity (Wildman–Crippen MR) is 60.1 cm³/mol. The van der Waals surface area contributed by atoms with Gasteiger partial charge in [0.1, 0.15) is 0 Å². The molecule has 0 saturated heterocycles. The largest absolute Gasteiger partial charge is 0.212 e. The van der Waals surface area contributed by atoms with E-state index in [1.807, 2.05) is 36.7 Å². The van der Waals surface area contributed by atoms with Crippen LogP contribution in [0.15, 0.2) is 35.6 Å². The highest BCUT2D eigenvalue weighted by Gasteiger charge is 2.07. The number of hydrogen-bond acceptors (Lipinski definition) is 4. The molecule has 0 N–H and O–H groups in total. The van der Waals surface area contributed by atoms with E-state index in [2.05, 4.69) is 15.3 Å². The molecule has 15 heavy (non-hydrogen) atoms. The highest BCUT2D eigenvalue weighted by atomic mass is 32.2. The third kappa shape index (κ3) is 1.20. The van der Waals surface area contributed by atoms with Gasteiger partial charge in [-0.15, -0.1) is 10.2 Å². The first-order chi connectivity index (χ1) is 7.40. The van der Waals surface area contributed by atoms with E-state index < -0.39 is 0 Å². The SMILES string of the molecule is CSc1nnc2c3ccccc3cnn12. The molecule has 2 heterocycles. The minimum atomic E-state index is 0.816. The summed E-state index contributed by atoms with van der Waals surface area (Å²) in [6, 6.07) is 8.04. The van der Waals surface area contributed by atoms with E-state index in [-0.39, 0.29) is 0 Å². The van der Waals surface area contributed by atoms with Crippen LogP contribution in [0.1, 0.15) is 0 Å². The van der Waals surface area contributed by atoms with Crippen LogP contribution >= 0.6 is 11.8 Å². The number of rotatable bonds is 1. The maximum atomic E-state index is 4.31. The molecule has 3 aromatic rings. The summed E-state index contributed by atoms with van der Waals surface area (Å²) in [7, 11) is 0. The van der Waals surface area contributed by atoms with Crippen molar-refractivity contribution in [2.24, 2.45) is 0 Å². The Morgan fingerprint density at radius 2 is 2.07 bits per heavy atom. The molecule has 0 spiro atoms. The normalized spacial score (nSPS) is 11.3. The summed E-state index contributed by atoms with van der Waals surface area (Å²) in [5, 5.41) is 15.5. The van der Waals surface area contributed by atoms with Crippen molar-refractivity contribution in [3.05, 3.63) is 30.5 Å². The smallest absolute Gasteiger partial charge is 0.187 e. The number of hydrogen-bond donors (Lipinski definition) is 0. The lowest BCUT2D eigenvalue weighted by atomic mass is 10.2. The van der Waals surface area contributed by atoms with Gasteiger partial charge < -0.3 is 0 Å². The molecule has 5 heteroatoms. The van der Waals surface area contributed by atoms with Crippen molar-refractivity contribution in [2.45, 2.75) is 5.16 Å². The zero-order valence-electron chi connectivity index (χ0n) is 8.08. The third-order valence-electron chi connectivity index (χ3n) is 2.31. The molecule has 0 amide bonds. The summed E-state index contributed by atoms with van der Waals surface area (Å²) in [6.07, 6.45) is 3.80. The lowest BCUT2D eigenvalue weighted by Crippen LogP contribution is -1.93. The van der Waals surface area contributed by atoms with Crippen molar-refractivity contribution < 1.29 is 0 Å². The van der Waals surface area contributed by atoms with E-state index in [1.54, 1.807) is 16.3 Å². The van der Waals surface area contributed by atoms with Gasteiger partial charge in [0, 0.05) is 10.8 Å². The zero-order valence-corrected chi connectivity index (χ0v) is 8.90. The van der Waals surface area contributed by atoms with Gasteiger partial charge in [0.25, 0.3) is 0 Å². The van der Waals surface area contributed by atoms with Crippen LogP contribution in [0.3, 0.4) is 0 Å². The Morgan fingerprint density at radius 3 is 2.93 bits per heavy atom. The second-order valence-electron chi connectivity index (χ2n) is 3.15. The van der Waals surface area contributed by atoms with Gasteiger partial charge in [0.05, 0.1) is 6.20 Å². The van der Waals surface area contributed by atoms with E-state index in [9.17, 15) is 0 Å². The number of benzene rings is 1. The first-order valence-electron chi connectivity index (χ1n) is 4.53. The molecular formula is C10H8N4S. The summed E-state index contributed by atoms with van der Waals surface area (Å²) in [5.41, 5.74) is 0.817. The second kappa shape index (κ2) is 3.20. The predicted octanol–water partition coefficient (Wildman–Crippen LogP) is 2.00. The Hall–Kier alpha value is -1.62. The molecule has 0 unspecified atom stereocenters. The van der Waals surface area contributed by atoms with Gasteiger partial charge in [0.2, 0.25) is 5.16 Å². The molecule has 74 valence electrons. The lowest BCUT2D eigenvalue weighted by molar-refractivity contribution is 0.815. The minimum Gasteiger partial charge on any atom is -0.187 e. The van der Waals surface area contributed by atoms with Crippen molar-refractivity contribution in [3.63, 3.8) is 0 Å². The fourth-order valence-electron chi connectivity index (χ4n) is 1.60. The van der Waals surface area contributed by atoms with Crippen molar-refractivity contribution in [1.29, 1.82) is 0 Å². The van der Waals surface area contributed by atoms with Crippen LogP contribution in [0.2, 0.25) is 0 Å². The van der Waals surface area contributed by atoms with Gasteiger partial charge in [-0.3, -0.25) is 0 Å². The summed E-state index contributed by atoms with van der Waals surface area (Å²) >= 11 is 1.54. The van der Waals surface area contributed by atoms with Crippen LogP contribution in [-0.2, 0) is 0 Å². The second-order valence-corrected chi connectivity index (χ2v) is 3.93. The summed E-state index contributed by atoms with van der Waals surface area (Å²) in [6.45, 7) is 0. The molecule has 0 aliphatic rings. The molecule has 0 radical (unpaired) electrons. The molecule has 0 aliphatic heterocycles. The first-order valence-corrected chi connectivity index (χ1v) is 5.76. The zero-order chi connectivity index (χ0) is 10.3. The van der Waals surface area contributed by atoms with Gasteiger partial charge in [-0.1, -0.05) is 36.0 Å². The van der Waals surface area contributed by atoms with Gasteiger partial charge in [0.15, 0.2) is 5.65 Å². The summed E-state index contributed by atoms with van der Waals surface area (Å²) < 4.78 is 1.77. The number of aromatic nitrogens is 4. The van der Waals surface area contributed by atoms with E-state index >= 15 is 0 Å². The highest BCUT2D eigenvalue weighted by molar-refractivity contribution is 7.98. The van der Waals surface area contributed by atoms with Gasteiger partial charge in [-0.25, -0.2) is 0 Å². The molecule has 4 nitrogen and oxygen atoms in total. The topological polar surface area (TPSA) is 43.1 Å². The fraction of sp³-hybridized carbons (Fsp3) is 0.100. The summed E-state index contributed by atoms with van der Waals surface area (Å²) in [5.74, 6) is 0. The van der Waals surface area contributed by atoms with E-state index in [0.717, 1.165) is 21.6 Å². The van der Waals surface area contributed by atoms with E-state index in [4.69, 9.17) is 0 Å². The molecular weight excluding hydrogens is 208 g/mol. The Kier molecular flexibility index (Phi) is 1.85. The van der Waals surface area contributed by atoms with Crippen LogP contribution in [0.4, 0.5) is 0 Å². The van der Waals surface area contributed by atoms with Crippen molar-refractivity contribution in [1.82, 2.24) is 19.8 Å². The van der Waals surface area contributed by atoms with E-state index in [0.29, 0.717) is 0 Å². The summed E-state index contributed by atoms with van der Waals surface area (Å²) in [4.78, 5) is 0. The number of nitrogens with zero attached hydrogens (tertiary/aromatic N) is 4. The average molecular weight is 216 g/mol. The van der Waals surface area contributed by atoms with Crippen LogP contribution in [-0.4, -0.2) is 26.1 Å². The Labute approximate surface area is 90.3 Å². The standard InChI is InChI=1S/C10H8N4S/c1-15-10-13-12-9-8-5-3-2-4-7(8)6-11-14(9)10/h2-6H,1H3. The van der Waals surface area contributed by atoms with Gasteiger partial charge in [-0.05, 0) is 6.26 Å². The minimum absolute atomic E-state index is 0.816. The monoisotopic (exact) mass is 216 g/mol. The Morgan fingerprint density at radius 1 is 1.20 bits per heavy atom.